The van der Waals surface area contributed by atoms with Crippen molar-refractivity contribution in [3.63, 3.8) is 0 Å². The Morgan fingerprint density at radius 3 is 2.33 bits per heavy atom. The van der Waals surface area contributed by atoms with Gasteiger partial charge in [0.15, 0.2) is 11.5 Å². The maximum atomic E-state index is 15.7. The molecule has 0 radical (unpaired) electrons. The molecule has 424 valence electrons. The molecule has 4 N–H and O–H groups in total. The summed E-state index contributed by atoms with van der Waals surface area (Å²) in [5.74, 6) is 0.387. The fourth-order valence-electron chi connectivity index (χ4n) is 11.4. The molecular formula is C60H75FN12O6S. The lowest BCUT2D eigenvalue weighted by Crippen LogP contribution is -2.55. The number of unbranched alkanes of at least 4 members (excludes halogenated alkanes) is 7. The number of halogens is 1. The average Bonchev–Trinajstić information content (AvgIpc) is 3.94. The van der Waals surface area contributed by atoms with Crippen LogP contribution in [0.4, 0.5) is 15.9 Å². The molecule has 6 heterocycles. The lowest BCUT2D eigenvalue weighted by Gasteiger charge is -2.35. The lowest BCUT2D eigenvalue weighted by molar-refractivity contribution is -0.139. The molecule has 3 atom stereocenters. The standard InChI is InChI=1S/C60H75FN12O6S/c1-39(62-2)57(76)69-53(41-16-10-9-11-17-41)60(78)72-26-15-20-50(72)58-68-49(38-80-58)54(75)42-18-14-19-45(32-42)79-31-13-8-6-4-3-5-7-12-21-52(74)70-27-29-71(30-28-70)59(77)43-24-25-47(46(61)33-43)66-55-56-63-36-51(44-34-64-65-35-44)73(56)37-48(67-55)40-22-23-40/h14,18-19,24-25,32-41,50,53,62H,3-13,15-17,20-23,26-31H2,1-2H3,(H,64,65)(H,66,67)(H,69,76)/t39-,50-,53-/m0/s1. The minimum Gasteiger partial charge on any atom is -0.494 e. The maximum Gasteiger partial charge on any atom is 0.254 e. The summed E-state index contributed by atoms with van der Waals surface area (Å²) in [6.45, 7) is 4.62. The zero-order valence-electron chi connectivity index (χ0n) is 46.1. The molecule has 2 aliphatic carbocycles. The van der Waals surface area contributed by atoms with Crippen LogP contribution in [-0.2, 0) is 14.4 Å². The molecule has 20 heteroatoms. The molecule has 0 unspecified atom stereocenters. The van der Waals surface area contributed by atoms with Crippen molar-refractivity contribution in [2.24, 2.45) is 5.92 Å². The van der Waals surface area contributed by atoms with Gasteiger partial charge in [-0.25, -0.2) is 19.3 Å². The number of nitrogens with zero attached hydrogens (tertiary/aromatic N) is 8. The van der Waals surface area contributed by atoms with Gasteiger partial charge in [0, 0.05) is 79.5 Å². The number of rotatable bonds is 25. The van der Waals surface area contributed by atoms with Gasteiger partial charge in [0.05, 0.1) is 48.2 Å². The minimum absolute atomic E-state index is 0.0515. The van der Waals surface area contributed by atoms with E-state index in [1.165, 1.54) is 17.4 Å². The SMILES string of the molecule is CN[C@@H](C)C(=O)N[C@H](C(=O)N1CCC[C@H]1c1nc(C(=O)c2cccc(OCCCCCCCCCCC(=O)N3CCN(C(=O)c4ccc(Nc5nc(C6CC6)cn6c(-c7cn[nH]c7)cnc56)c(F)c4)CC3)c2)cs1)C1CCCCC1. The number of fused-ring (bicyclic) bond motifs is 1. The summed E-state index contributed by atoms with van der Waals surface area (Å²) in [6, 6.07) is 10.5. The van der Waals surface area contributed by atoms with Gasteiger partial charge in [0.2, 0.25) is 23.5 Å². The Bertz CT molecular complexity index is 3110. The Morgan fingerprint density at radius 1 is 0.825 bits per heavy atom. The fraction of sp³-hybridized carbons (Fsp3) is 0.517. The molecular weight excluding hydrogens is 1040 g/mol. The monoisotopic (exact) mass is 1110 g/mol. The molecule has 6 aromatic rings. The number of H-pyrrole nitrogens is 1. The Hall–Kier alpha value is -7.06. The van der Waals surface area contributed by atoms with E-state index in [0.717, 1.165) is 131 Å². The number of likely N-dealkylation sites (N-methyl/N-ethyl adjacent to an activating group) is 1. The molecule has 0 bridgehead atoms. The molecule has 2 aromatic carbocycles. The van der Waals surface area contributed by atoms with E-state index >= 15 is 4.39 Å². The van der Waals surface area contributed by atoms with E-state index in [1.807, 2.05) is 32.5 Å². The van der Waals surface area contributed by atoms with Crippen molar-refractivity contribution >= 4 is 57.9 Å². The van der Waals surface area contributed by atoms with Crippen LogP contribution in [0.1, 0.15) is 172 Å². The molecule has 10 rings (SSSR count). The number of nitrogens with one attached hydrogen (secondary N) is 4. The van der Waals surface area contributed by atoms with Gasteiger partial charge >= 0.3 is 0 Å². The molecule has 0 spiro atoms. The molecule has 18 nitrogen and oxygen atoms in total. The van der Waals surface area contributed by atoms with E-state index < -0.39 is 17.9 Å². The van der Waals surface area contributed by atoms with E-state index in [2.05, 4.69) is 31.1 Å². The number of benzene rings is 2. The Kier molecular flexibility index (Phi) is 18.6. The van der Waals surface area contributed by atoms with E-state index in [9.17, 15) is 24.0 Å². The molecule has 4 fully saturated rings. The van der Waals surface area contributed by atoms with Crippen molar-refractivity contribution < 1.29 is 33.1 Å². The second-order valence-electron chi connectivity index (χ2n) is 22.0. The third kappa shape index (κ3) is 13.6. The minimum atomic E-state index is -0.577. The van der Waals surface area contributed by atoms with Crippen LogP contribution in [0.5, 0.6) is 5.75 Å². The number of anilines is 2. The quantitative estimate of drug-likeness (QED) is 0.0312. The van der Waals surface area contributed by atoms with Gasteiger partial charge in [-0.2, -0.15) is 5.10 Å². The number of carbonyl (C=O) groups is 5. The predicted octanol–water partition coefficient (Wildman–Crippen LogP) is 9.78. The van der Waals surface area contributed by atoms with Crippen LogP contribution < -0.4 is 20.7 Å². The molecule has 80 heavy (non-hydrogen) atoms. The van der Waals surface area contributed by atoms with E-state index in [-0.39, 0.29) is 52.6 Å². The van der Waals surface area contributed by atoms with Crippen LogP contribution in [-0.4, -0.2) is 132 Å². The summed E-state index contributed by atoms with van der Waals surface area (Å²) < 4.78 is 23.7. The summed E-state index contributed by atoms with van der Waals surface area (Å²) in [5.41, 5.74) is 4.49. The molecule has 4 aromatic heterocycles. The number of carbonyl (C=O) groups excluding carboxylic acids is 5. The number of thiazole rings is 1. The summed E-state index contributed by atoms with van der Waals surface area (Å²) in [6.07, 6.45) is 24.7. The van der Waals surface area contributed by atoms with Crippen LogP contribution in [0.2, 0.25) is 0 Å². The zero-order valence-corrected chi connectivity index (χ0v) is 46.9. The number of ketones is 1. The molecule has 2 saturated heterocycles. The van der Waals surface area contributed by atoms with Gasteiger partial charge in [0.25, 0.3) is 5.91 Å². The third-order valence-electron chi connectivity index (χ3n) is 16.4. The van der Waals surface area contributed by atoms with E-state index in [4.69, 9.17) is 14.7 Å². The van der Waals surface area contributed by atoms with Gasteiger partial charge in [-0.05, 0) is 102 Å². The number of imidazole rings is 1. The highest BCUT2D eigenvalue weighted by Gasteiger charge is 2.40. The van der Waals surface area contributed by atoms with Crippen LogP contribution in [0.25, 0.3) is 16.9 Å². The lowest BCUT2D eigenvalue weighted by atomic mass is 9.83. The predicted molar refractivity (Wildman–Crippen MR) is 304 cm³/mol. The summed E-state index contributed by atoms with van der Waals surface area (Å²) >= 11 is 1.41. The number of aromatic amines is 1. The van der Waals surface area contributed by atoms with E-state index in [0.29, 0.717) is 80.1 Å². The van der Waals surface area contributed by atoms with Gasteiger partial charge in [-0.1, -0.05) is 69.9 Å². The number of ether oxygens (including phenoxy) is 1. The first-order valence-corrected chi connectivity index (χ1v) is 29.9. The molecule has 2 saturated carbocycles. The van der Waals surface area contributed by atoms with Crippen molar-refractivity contribution in [3.05, 3.63) is 106 Å². The first-order valence-electron chi connectivity index (χ1n) is 29.0. The Balaban J connectivity index is 0.594. The largest absolute Gasteiger partial charge is 0.494 e. The second-order valence-corrected chi connectivity index (χ2v) is 22.9. The smallest absolute Gasteiger partial charge is 0.254 e. The van der Waals surface area contributed by atoms with Crippen molar-refractivity contribution in [3.8, 4) is 17.0 Å². The first kappa shape index (κ1) is 56.2. The topological polar surface area (TPSA) is 212 Å². The normalized spacial score (nSPS) is 17.6. The number of piperazine rings is 1. The van der Waals surface area contributed by atoms with E-state index in [1.54, 1.807) is 67.1 Å². The summed E-state index contributed by atoms with van der Waals surface area (Å²) in [7, 11) is 1.74. The third-order valence-corrected chi connectivity index (χ3v) is 17.4. The van der Waals surface area contributed by atoms with Crippen LogP contribution in [0.3, 0.4) is 0 Å². The van der Waals surface area contributed by atoms with Crippen molar-refractivity contribution in [2.45, 2.75) is 147 Å². The number of aromatic nitrogens is 6. The van der Waals surface area contributed by atoms with Gasteiger partial charge < -0.3 is 35.4 Å². The second kappa shape index (κ2) is 26.5. The van der Waals surface area contributed by atoms with Crippen LogP contribution in [0.15, 0.2) is 72.6 Å². The highest BCUT2D eigenvalue weighted by atomic mass is 32.1. The molecule has 4 amide bonds. The number of likely N-dealkylation sites (tertiary alicyclic amines) is 1. The highest BCUT2D eigenvalue weighted by molar-refractivity contribution is 7.10. The fourth-order valence-corrected chi connectivity index (χ4v) is 12.4. The Morgan fingerprint density at radius 2 is 1.59 bits per heavy atom. The summed E-state index contributed by atoms with van der Waals surface area (Å²) in [5, 5.41) is 18.7. The number of hydrogen-bond donors (Lipinski definition) is 4. The Labute approximate surface area is 471 Å². The van der Waals surface area contributed by atoms with Gasteiger partial charge in [-0.15, -0.1) is 11.3 Å². The maximum absolute atomic E-state index is 15.7. The van der Waals surface area contributed by atoms with Crippen LogP contribution >= 0.6 is 11.3 Å². The van der Waals surface area contributed by atoms with Crippen molar-refractivity contribution in [1.82, 2.24) is 54.9 Å². The van der Waals surface area contributed by atoms with Crippen LogP contribution in [0, 0.1) is 11.7 Å². The zero-order chi connectivity index (χ0) is 55.5. The number of amides is 4. The summed E-state index contributed by atoms with van der Waals surface area (Å²) in [4.78, 5) is 87.2. The molecule has 2 aliphatic heterocycles. The van der Waals surface area contributed by atoms with Gasteiger partial charge in [-0.3, -0.25) is 33.5 Å². The number of hydrogen-bond acceptors (Lipinski definition) is 13. The molecule has 4 aliphatic rings. The average molecular weight is 1110 g/mol. The highest BCUT2D eigenvalue weighted by Crippen LogP contribution is 2.41. The van der Waals surface area contributed by atoms with Gasteiger partial charge in [0.1, 0.15) is 28.3 Å². The van der Waals surface area contributed by atoms with Crippen molar-refractivity contribution in [1.29, 1.82) is 0 Å². The van der Waals surface area contributed by atoms with Crippen molar-refractivity contribution in [2.75, 3.05) is 51.7 Å². The first-order chi connectivity index (χ1) is 39.0.